The Morgan fingerprint density at radius 1 is 0.848 bits per heavy atom. The molecule has 0 spiro atoms. The van der Waals surface area contributed by atoms with Crippen LogP contribution in [0.5, 0.6) is 0 Å². The molecule has 0 fully saturated rings. The van der Waals surface area contributed by atoms with Crippen molar-refractivity contribution in [1.82, 2.24) is 0 Å². The van der Waals surface area contributed by atoms with Gasteiger partial charge < -0.3 is 10.2 Å². The van der Waals surface area contributed by atoms with E-state index in [9.17, 15) is 14.4 Å². The van der Waals surface area contributed by atoms with Crippen LogP contribution in [0.1, 0.15) is 10.4 Å². The Morgan fingerprint density at radius 3 is 2.06 bits per heavy atom. The van der Waals surface area contributed by atoms with Crippen LogP contribution in [0.4, 0.5) is 17.1 Å². The van der Waals surface area contributed by atoms with Gasteiger partial charge in [-0.15, -0.1) is 0 Å². The van der Waals surface area contributed by atoms with Crippen molar-refractivity contribution in [3.05, 3.63) is 99.1 Å². The van der Waals surface area contributed by atoms with Crippen LogP contribution in [0.2, 0.25) is 10.0 Å². The highest BCUT2D eigenvalue weighted by molar-refractivity contribution is 6.53. The zero-order valence-corrected chi connectivity index (χ0v) is 19.4. The molecule has 1 heterocycles. The van der Waals surface area contributed by atoms with Crippen LogP contribution in [0.15, 0.2) is 83.5 Å². The Balaban J connectivity index is 1.52. The number of benzene rings is 3. The molecule has 0 unspecified atom stereocenters. The standard InChI is InChI=1S/C24H16Cl3N3O3/c1-29(18-5-3-2-4-6-18)22(31)14-7-9-17(10-8-14)28-21-20(27)23(32)30(24(21)33)19-12-15(25)11-16(26)13-19/h2-13,28H,1H3. The predicted octanol–water partition coefficient (Wildman–Crippen LogP) is 5.71. The normalized spacial score (nSPS) is 13.5. The highest BCUT2D eigenvalue weighted by Gasteiger charge is 2.39. The molecular formula is C24H16Cl3N3O3. The molecule has 0 saturated heterocycles. The monoisotopic (exact) mass is 499 g/mol. The fraction of sp³-hybridized carbons (Fsp3) is 0.0417. The average molecular weight is 501 g/mol. The lowest BCUT2D eigenvalue weighted by molar-refractivity contribution is -0.120. The second kappa shape index (κ2) is 9.27. The van der Waals surface area contributed by atoms with Crippen molar-refractivity contribution in [3.8, 4) is 0 Å². The molecule has 1 aliphatic heterocycles. The minimum absolute atomic E-state index is 0.0850. The Morgan fingerprint density at radius 2 is 1.45 bits per heavy atom. The van der Waals surface area contributed by atoms with Crippen molar-refractivity contribution in [2.45, 2.75) is 0 Å². The van der Waals surface area contributed by atoms with Crippen LogP contribution in [-0.4, -0.2) is 24.8 Å². The van der Waals surface area contributed by atoms with E-state index in [4.69, 9.17) is 34.8 Å². The maximum atomic E-state index is 12.9. The predicted molar refractivity (Wildman–Crippen MR) is 131 cm³/mol. The first-order chi connectivity index (χ1) is 15.8. The molecular weight excluding hydrogens is 485 g/mol. The molecule has 4 rings (SSSR count). The SMILES string of the molecule is CN(C(=O)c1ccc(NC2=C(Cl)C(=O)N(c3cc(Cl)cc(Cl)c3)C2=O)cc1)c1ccccc1. The molecule has 166 valence electrons. The van der Waals surface area contributed by atoms with Gasteiger partial charge in [-0.25, -0.2) is 4.90 Å². The number of hydrogen-bond acceptors (Lipinski definition) is 4. The third-order valence-corrected chi connectivity index (χ3v) is 5.77. The number of hydrogen-bond donors (Lipinski definition) is 1. The van der Waals surface area contributed by atoms with E-state index < -0.39 is 11.8 Å². The number of imide groups is 1. The Labute approximate surface area is 205 Å². The first kappa shape index (κ1) is 22.9. The van der Waals surface area contributed by atoms with Gasteiger partial charge >= 0.3 is 0 Å². The van der Waals surface area contributed by atoms with Gasteiger partial charge in [0.05, 0.1) is 5.69 Å². The van der Waals surface area contributed by atoms with Crippen LogP contribution >= 0.6 is 34.8 Å². The summed E-state index contributed by atoms with van der Waals surface area (Å²) in [5, 5.41) is 3.16. The van der Waals surface area contributed by atoms with E-state index in [1.54, 1.807) is 31.3 Å². The Hall–Kier alpha value is -3.32. The largest absolute Gasteiger partial charge is 0.350 e. The highest BCUT2D eigenvalue weighted by Crippen LogP contribution is 2.33. The van der Waals surface area contributed by atoms with Gasteiger partial charge in [0, 0.05) is 34.0 Å². The van der Waals surface area contributed by atoms with Crippen LogP contribution in [-0.2, 0) is 9.59 Å². The summed E-state index contributed by atoms with van der Waals surface area (Å²) in [6.07, 6.45) is 0. The molecule has 1 N–H and O–H groups in total. The summed E-state index contributed by atoms with van der Waals surface area (Å²) in [5.74, 6) is -1.53. The molecule has 0 aromatic heterocycles. The third kappa shape index (κ3) is 4.59. The van der Waals surface area contributed by atoms with Crippen molar-refractivity contribution < 1.29 is 14.4 Å². The van der Waals surface area contributed by atoms with Gasteiger partial charge in [0.15, 0.2) is 0 Å². The van der Waals surface area contributed by atoms with Gasteiger partial charge in [-0.1, -0.05) is 53.0 Å². The summed E-state index contributed by atoms with van der Waals surface area (Å²) in [6.45, 7) is 0. The number of halogens is 3. The van der Waals surface area contributed by atoms with Gasteiger partial charge in [0.2, 0.25) is 0 Å². The van der Waals surface area contributed by atoms with Gasteiger partial charge in [0.25, 0.3) is 17.7 Å². The number of carbonyl (C=O) groups is 3. The first-order valence-electron chi connectivity index (χ1n) is 9.71. The first-order valence-corrected chi connectivity index (χ1v) is 10.8. The van der Waals surface area contributed by atoms with Crippen molar-refractivity contribution in [2.24, 2.45) is 0 Å². The summed E-state index contributed by atoms with van der Waals surface area (Å²) in [7, 11) is 1.69. The minimum atomic E-state index is -0.696. The molecule has 0 saturated carbocycles. The molecule has 3 aromatic carbocycles. The topological polar surface area (TPSA) is 69.7 Å². The molecule has 3 amide bonds. The molecule has 3 aromatic rings. The maximum Gasteiger partial charge on any atom is 0.283 e. The zero-order valence-electron chi connectivity index (χ0n) is 17.2. The maximum absolute atomic E-state index is 12.9. The summed E-state index contributed by atoms with van der Waals surface area (Å²) >= 11 is 18.2. The van der Waals surface area contributed by atoms with E-state index in [2.05, 4.69) is 5.32 Å². The van der Waals surface area contributed by atoms with Crippen LogP contribution in [0.25, 0.3) is 0 Å². The molecule has 0 radical (unpaired) electrons. The number of rotatable bonds is 5. The Kier molecular flexibility index (Phi) is 6.42. The molecule has 0 aliphatic carbocycles. The summed E-state index contributed by atoms with van der Waals surface area (Å²) < 4.78 is 0. The van der Waals surface area contributed by atoms with Crippen molar-refractivity contribution in [1.29, 1.82) is 0 Å². The van der Waals surface area contributed by atoms with E-state index in [0.29, 0.717) is 11.3 Å². The lowest BCUT2D eigenvalue weighted by atomic mass is 10.1. The van der Waals surface area contributed by atoms with Gasteiger partial charge in [-0.3, -0.25) is 14.4 Å². The van der Waals surface area contributed by atoms with Crippen LogP contribution < -0.4 is 15.1 Å². The number of nitrogens with zero attached hydrogens (tertiary/aromatic N) is 2. The number of amides is 3. The van der Waals surface area contributed by atoms with Crippen molar-refractivity contribution >= 4 is 69.6 Å². The summed E-state index contributed by atoms with van der Waals surface area (Å²) in [5.41, 5.74) is 1.82. The van der Waals surface area contributed by atoms with E-state index in [-0.39, 0.29) is 32.4 Å². The van der Waals surface area contributed by atoms with Crippen molar-refractivity contribution in [3.63, 3.8) is 0 Å². The average Bonchev–Trinajstić information content (AvgIpc) is 3.01. The fourth-order valence-corrected chi connectivity index (χ4v) is 4.04. The van der Waals surface area contributed by atoms with E-state index in [0.717, 1.165) is 10.6 Å². The molecule has 33 heavy (non-hydrogen) atoms. The fourth-order valence-electron chi connectivity index (χ4n) is 3.32. The van der Waals surface area contributed by atoms with Crippen molar-refractivity contribution in [2.75, 3.05) is 22.2 Å². The third-order valence-electron chi connectivity index (χ3n) is 4.98. The van der Waals surface area contributed by atoms with E-state index >= 15 is 0 Å². The molecule has 1 aliphatic rings. The minimum Gasteiger partial charge on any atom is -0.350 e. The zero-order chi connectivity index (χ0) is 23.7. The van der Waals surface area contributed by atoms with Gasteiger partial charge in [-0.05, 0) is 54.6 Å². The number of carbonyl (C=O) groups excluding carboxylic acids is 3. The lowest BCUT2D eigenvalue weighted by Gasteiger charge is -2.18. The number of nitrogens with one attached hydrogen (secondary N) is 1. The molecule has 0 atom stereocenters. The second-order valence-corrected chi connectivity index (χ2v) is 8.42. The summed E-state index contributed by atoms with van der Waals surface area (Å²) in [4.78, 5) is 40.7. The molecule has 9 heteroatoms. The van der Waals surface area contributed by atoms with Gasteiger partial charge in [0.1, 0.15) is 10.7 Å². The molecule has 0 bridgehead atoms. The quantitative estimate of drug-likeness (QED) is 0.456. The van der Waals surface area contributed by atoms with E-state index in [1.165, 1.54) is 23.1 Å². The Bertz CT molecular complexity index is 1270. The van der Waals surface area contributed by atoms with E-state index in [1.807, 2.05) is 30.3 Å². The number of para-hydroxylation sites is 1. The van der Waals surface area contributed by atoms with Gasteiger partial charge in [-0.2, -0.15) is 0 Å². The lowest BCUT2D eigenvalue weighted by Crippen LogP contribution is -2.32. The summed E-state index contributed by atoms with van der Waals surface area (Å²) in [6, 6.07) is 20.1. The van der Waals surface area contributed by atoms with Crippen LogP contribution in [0, 0.1) is 0 Å². The highest BCUT2D eigenvalue weighted by atomic mass is 35.5. The number of anilines is 3. The second-order valence-electron chi connectivity index (χ2n) is 7.16. The van der Waals surface area contributed by atoms with Crippen LogP contribution in [0.3, 0.4) is 0 Å². The molecule has 6 nitrogen and oxygen atoms in total. The smallest absolute Gasteiger partial charge is 0.283 e.